The van der Waals surface area contributed by atoms with E-state index in [1.54, 1.807) is 0 Å². The minimum atomic E-state index is -0.614. The Balaban J connectivity index is 1.17. The average molecular weight is 840 g/mol. The molecular weight excluding hydrogens is 795 g/mol. The number of hydrogen-bond donors (Lipinski definition) is 0. The zero-order valence-corrected chi connectivity index (χ0v) is 36.4. The lowest BCUT2D eigenvalue weighted by Gasteiger charge is -2.36. The van der Waals surface area contributed by atoms with Gasteiger partial charge in [0.25, 0.3) is 0 Å². The van der Waals surface area contributed by atoms with E-state index in [-0.39, 0.29) is 0 Å². The van der Waals surface area contributed by atoms with E-state index >= 15 is 0 Å². The third-order valence-electron chi connectivity index (χ3n) is 13.5. The fourth-order valence-electron chi connectivity index (χ4n) is 10.6. The fraction of sp³-hybridized carbons (Fsp3) is 0.0154. The Morgan fingerprint density at radius 1 is 0.258 bits per heavy atom. The van der Waals surface area contributed by atoms with Crippen molar-refractivity contribution >= 4 is 27.8 Å². The molecule has 0 aromatic heterocycles. The number of nitrogens with zero attached hydrogens (tertiary/aromatic N) is 1. The molecular formula is C65H45N. The summed E-state index contributed by atoms with van der Waals surface area (Å²) in [4.78, 5) is 2.54. The highest BCUT2D eigenvalue weighted by Crippen LogP contribution is 2.64. The van der Waals surface area contributed by atoms with E-state index in [0.717, 1.165) is 17.1 Å². The van der Waals surface area contributed by atoms with E-state index < -0.39 is 5.41 Å². The molecule has 0 saturated heterocycles. The van der Waals surface area contributed by atoms with Crippen molar-refractivity contribution < 1.29 is 0 Å². The maximum absolute atomic E-state index is 2.54. The second-order valence-corrected chi connectivity index (χ2v) is 17.2. The minimum absolute atomic E-state index is 0.614. The normalized spacial score (nSPS) is 12.4. The predicted molar refractivity (Wildman–Crippen MR) is 278 cm³/mol. The SMILES string of the molecule is c1ccc(-c2ccc(-c3ccc(N(c4ccc(-c5ccccc5)cc4)c4c5c(c6ccccc6c4-c4ccccc4)C(c4ccccc4)(c4ccccc4)c4ccccc4-5)cc3)cc2)cc1. The van der Waals surface area contributed by atoms with Gasteiger partial charge in [0.05, 0.1) is 11.1 Å². The van der Waals surface area contributed by atoms with Crippen molar-refractivity contribution in [1.82, 2.24) is 0 Å². The van der Waals surface area contributed by atoms with Gasteiger partial charge in [-0.3, -0.25) is 0 Å². The monoisotopic (exact) mass is 839 g/mol. The van der Waals surface area contributed by atoms with Crippen LogP contribution in [-0.2, 0) is 5.41 Å². The summed E-state index contributed by atoms with van der Waals surface area (Å²) in [7, 11) is 0. The largest absolute Gasteiger partial charge is 0.309 e. The number of rotatable bonds is 9. The molecule has 0 radical (unpaired) electrons. The van der Waals surface area contributed by atoms with E-state index in [0.29, 0.717) is 0 Å². The van der Waals surface area contributed by atoms with Gasteiger partial charge >= 0.3 is 0 Å². The zero-order chi connectivity index (χ0) is 43.9. The topological polar surface area (TPSA) is 3.24 Å². The maximum atomic E-state index is 2.54. The summed E-state index contributed by atoms with van der Waals surface area (Å²) in [6.45, 7) is 0. The molecule has 0 N–H and O–H groups in total. The third-order valence-corrected chi connectivity index (χ3v) is 13.5. The van der Waals surface area contributed by atoms with Crippen LogP contribution in [0.25, 0.3) is 66.4 Å². The zero-order valence-electron chi connectivity index (χ0n) is 36.4. The van der Waals surface area contributed by atoms with Gasteiger partial charge in [0.15, 0.2) is 0 Å². The van der Waals surface area contributed by atoms with Crippen LogP contribution in [0.1, 0.15) is 22.3 Å². The first-order valence-corrected chi connectivity index (χ1v) is 22.8. The average Bonchev–Trinajstić information content (AvgIpc) is 3.72. The molecule has 1 heteroatoms. The van der Waals surface area contributed by atoms with Crippen LogP contribution < -0.4 is 4.90 Å². The lowest BCUT2D eigenvalue weighted by Crippen LogP contribution is -2.29. The van der Waals surface area contributed by atoms with Gasteiger partial charge in [0.2, 0.25) is 0 Å². The van der Waals surface area contributed by atoms with Gasteiger partial charge in [0, 0.05) is 22.5 Å². The summed E-state index contributed by atoms with van der Waals surface area (Å²) in [6, 6.07) is 100. The van der Waals surface area contributed by atoms with Crippen LogP contribution in [0.4, 0.5) is 17.1 Å². The molecule has 0 heterocycles. The summed E-state index contributed by atoms with van der Waals surface area (Å²) in [5.74, 6) is 0. The smallest absolute Gasteiger partial charge is 0.0720 e. The molecule has 11 aromatic carbocycles. The van der Waals surface area contributed by atoms with Crippen LogP contribution in [0.15, 0.2) is 273 Å². The van der Waals surface area contributed by atoms with Crippen LogP contribution in [0.2, 0.25) is 0 Å². The van der Waals surface area contributed by atoms with Crippen LogP contribution in [0.5, 0.6) is 0 Å². The molecule has 0 bridgehead atoms. The Hall–Kier alpha value is -8.52. The second kappa shape index (κ2) is 16.6. The van der Waals surface area contributed by atoms with Crippen molar-refractivity contribution in [2.75, 3.05) is 4.90 Å². The first-order valence-electron chi connectivity index (χ1n) is 22.8. The summed E-state index contributed by atoms with van der Waals surface area (Å²) < 4.78 is 0. The molecule has 0 fully saturated rings. The molecule has 1 nitrogen and oxygen atoms in total. The lowest BCUT2D eigenvalue weighted by atomic mass is 9.66. The van der Waals surface area contributed by atoms with E-state index in [1.807, 2.05) is 0 Å². The molecule has 0 spiro atoms. The summed E-state index contributed by atoms with van der Waals surface area (Å²) in [6.07, 6.45) is 0. The van der Waals surface area contributed by atoms with Crippen molar-refractivity contribution in [1.29, 1.82) is 0 Å². The Kier molecular flexibility index (Phi) is 9.81. The summed E-state index contributed by atoms with van der Waals surface area (Å²) in [5, 5.41) is 2.45. The Bertz CT molecular complexity index is 3410. The Morgan fingerprint density at radius 2 is 0.606 bits per heavy atom. The summed E-state index contributed by atoms with van der Waals surface area (Å²) >= 11 is 0. The molecule has 11 aromatic rings. The van der Waals surface area contributed by atoms with Gasteiger partial charge in [-0.2, -0.15) is 0 Å². The van der Waals surface area contributed by atoms with Crippen LogP contribution >= 0.6 is 0 Å². The lowest BCUT2D eigenvalue weighted by molar-refractivity contribution is 0.775. The van der Waals surface area contributed by atoms with Crippen LogP contribution in [-0.4, -0.2) is 0 Å². The van der Waals surface area contributed by atoms with Gasteiger partial charge in [-0.05, 0) is 102 Å². The van der Waals surface area contributed by atoms with Gasteiger partial charge in [-0.1, -0.05) is 249 Å². The molecule has 0 amide bonds. The second-order valence-electron chi connectivity index (χ2n) is 17.2. The Labute approximate surface area is 387 Å². The first-order chi connectivity index (χ1) is 32.8. The van der Waals surface area contributed by atoms with Gasteiger partial charge in [-0.15, -0.1) is 0 Å². The van der Waals surface area contributed by atoms with Crippen molar-refractivity contribution in [2.24, 2.45) is 0 Å². The highest BCUT2D eigenvalue weighted by molar-refractivity contribution is 6.16. The maximum Gasteiger partial charge on any atom is 0.0720 e. The standard InChI is InChI=1S/C65H45N/c1-6-20-46(21-7-1)48-34-36-49(37-35-48)51-40-44-56(45-41-51)66(55-42-38-50(39-43-55)47-22-8-2-9-23-47)64-61(52-24-10-3-11-25-52)57-30-16-17-31-58(57)63-62(64)59-32-18-19-33-60(59)65(63,53-26-12-4-13-27-53)54-28-14-5-15-29-54/h1-45H. The number of benzene rings is 11. The quantitative estimate of drug-likeness (QED) is 0.140. The van der Waals surface area contributed by atoms with E-state index in [2.05, 4.69) is 278 Å². The fourth-order valence-corrected chi connectivity index (χ4v) is 10.6. The summed E-state index contributed by atoms with van der Waals surface area (Å²) in [5.41, 5.74) is 19.8. The molecule has 310 valence electrons. The molecule has 0 unspecified atom stereocenters. The molecule has 0 atom stereocenters. The Morgan fingerprint density at radius 3 is 1.08 bits per heavy atom. The van der Waals surface area contributed by atoms with Crippen LogP contribution in [0.3, 0.4) is 0 Å². The minimum Gasteiger partial charge on any atom is -0.309 e. The van der Waals surface area contributed by atoms with Crippen molar-refractivity contribution in [2.45, 2.75) is 5.41 Å². The van der Waals surface area contributed by atoms with E-state index in [1.165, 1.54) is 88.7 Å². The molecule has 1 aliphatic carbocycles. The molecule has 1 aliphatic rings. The van der Waals surface area contributed by atoms with Crippen molar-refractivity contribution in [3.63, 3.8) is 0 Å². The highest BCUT2D eigenvalue weighted by atomic mass is 15.1. The molecule has 0 saturated carbocycles. The third kappa shape index (κ3) is 6.47. The number of fused-ring (bicyclic) bond motifs is 5. The molecule has 0 aliphatic heterocycles. The molecule has 66 heavy (non-hydrogen) atoms. The molecule has 12 rings (SSSR count). The van der Waals surface area contributed by atoms with Crippen LogP contribution in [0, 0.1) is 0 Å². The van der Waals surface area contributed by atoms with E-state index in [9.17, 15) is 0 Å². The number of anilines is 3. The van der Waals surface area contributed by atoms with Gasteiger partial charge in [0.1, 0.15) is 0 Å². The predicted octanol–water partition coefficient (Wildman–Crippen LogP) is 17.3. The van der Waals surface area contributed by atoms with Crippen molar-refractivity contribution in [3.05, 3.63) is 295 Å². The first kappa shape index (κ1) is 39.1. The van der Waals surface area contributed by atoms with Gasteiger partial charge < -0.3 is 4.90 Å². The highest BCUT2D eigenvalue weighted by Gasteiger charge is 2.49. The van der Waals surface area contributed by atoms with Crippen molar-refractivity contribution in [3.8, 4) is 55.6 Å². The van der Waals surface area contributed by atoms with Gasteiger partial charge in [-0.25, -0.2) is 0 Å². The number of hydrogen-bond acceptors (Lipinski definition) is 1. The van der Waals surface area contributed by atoms with E-state index in [4.69, 9.17) is 0 Å².